The Morgan fingerprint density at radius 3 is 2.50 bits per heavy atom. The van der Waals surface area contributed by atoms with Gasteiger partial charge in [-0.2, -0.15) is 0 Å². The monoisotopic (exact) mass is 311 g/mol. The van der Waals surface area contributed by atoms with E-state index in [9.17, 15) is 5.11 Å². The molecular formula is C15H21NO6. The molecule has 2 rings (SSSR count). The van der Waals surface area contributed by atoms with Gasteiger partial charge >= 0.3 is 11.9 Å². The summed E-state index contributed by atoms with van der Waals surface area (Å²) in [5.41, 5.74) is 1.19. The number of carbonyl (C=O) groups is 2. The van der Waals surface area contributed by atoms with Gasteiger partial charge in [-0.05, 0) is 24.5 Å². The fraction of sp³-hybridized carbons (Fsp3) is 0.467. The second-order valence-corrected chi connectivity index (χ2v) is 5.24. The van der Waals surface area contributed by atoms with E-state index in [4.69, 9.17) is 24.5 Å². The van der Waals surface area contributed by atoms with Gasteiger partial charge in [-0.1, -0.05) is 19.9 Å². The zero-order valence-corrected chi connectivity index (χ0v) is 12.6. The van der Waals surface area contributed by atoms with Crippen LogP contribution >= 0.6 is 0 Å². The third-order valence-corrected chi connectivity index (χ3v) is 3.02. The van der Waals surface area contributed by atoms with Gasteiger partial charge in [0.25, 0.3) is 0 Å². The Kier molecular flexibility index (Phi) is 6.65. The summed E-state index contributed by atoms with van der Waals surface area (Å²) in [6, 6.07) is 5.84. The fourth-order valence-electron chi connectivity index (χ4n) is 1.93. The van der Waals surface area contributed by atoms with Crippen LogP contribution in [0.5, 0.6) is 11.5 Å². The molecule has 0 fully saturated rings. The first-order valence-corrected chi connectivity index (χ1v) is 6.97. The minimum absolute atomic E-state index is 0.219. The number of nitrogens with one attached hydrogen (secondary N) is 1. The average molecular weight is 311 g/mol. The Bertz CT molecular complexity index is 517. The van der Waals surface area contributed by atoms with Crippen molar-refractivity contribution >= 4 is 11.9 Å². The number of hydrogen-bond acceptors (Lipinski definition) is 5. The Morgan fingerprint density at radius 1 is 1.32 bits per heavy atom. The molecule has 0 spiro atoms. The van der Waals surface area contributed by atoms with Gasteiger partial charge in [-0.3, -0.25) is 0 Å². The van der Waals surface area contributed by atoms with Crippen LogP contribution in [-0.4, -0.2) is 45.9 Å². The maximum absolute atomic E-state index is 9.40. The third kappa shape index (κ3) is 6.01. The van der Waals surface area contributed by atoms with Gasteiger partial charge in [0.2, 0.25) is 0 Å². The van der Waals surface area contributed by atoms with Gasteiger partial charge in [0.1, 0.15) is 17.6 Å². The highest BCUT2D eigenvalue weighted by atomic mass is 16.5. The highest BCUT2D eigenvalue weighted by molar-refractivity contribution is 6.27. The van der Waals surface area contributed by atoms with Gasteiger partial charge < -0.3 is 25.4 Å². The second kappa shape index (κ2) is 8.23. The first-order chi connectivity index (χ1) is 10.3. The molecule has 1 aromatic rings. The molecule has 4 N–H and O–H groups in total. The zero-order chi connectivity index (χ0) is 16.7. The third-order valence-electron chi connectivity index (χ3n) is 3.02. The number of benzene rings is 1. The summed E-state index contributed by atoms with van der Waals surface area (Å²) in [5, 5.41) is 27.6. The fourth-order valence-corrected chi connectivity index (χ4v) is 1.93. The van der Waals surface area contributed by atoms with Crippen LogP contribution < -0.4 is 10.1 Å². The lowest BCUT2D eigenvalue weighted by molar-refractivity contribution is -0.159. The van der Waals surface area contributed by atoms with E-state index < -0.39 is 11.9 Å². The van der Waals surface area contributed by atoms with Crippen LogP contribution in [0.15, 0.2) is 18.2 Å². The maximum Gasteiger partial charge on any atom is 0.414 e. The molecule has 1 aromatic carbocycles. The molecule has 0 aliphatic carbocycles. The maximum atomic E-state index is 9.40. The number of carboxylic acids is 2. The van der Waals surface area contributed by atoms with Crippen molar-refractivity contribution in [1.82, 2.24) is 5.32 Å². The quantitative estimate of drug-likeness (QED) is 0.621. The largest absolute Gasteiger partial charge is 0.508 e. The lowest BCUT2D eigenvalue weighted by Gasteiger charge is -2.27. The average Bonchev–Trinajstić information content (AvgIpc) is 2.45. The number of carboxylic acid groups (broad SMARTS) is 2. The number of phenolic OH excluding ortho intramolecular Hbond substituents is 1. The normalized spacial score (nSPS) is 16.0. The molecule has 1 aliphatic rings. The number of ether oxygens (including phenoxy) is 1. The molecular weight excluding hydrogens is 290 g/mol. The molecule has 0 aromatic heterocycles. The van der Waals surface area contributed by atoms with E-state index in [1.54, 1.807) is 12.1 Å². The van der Waals surface area contributed by atoms with E-state index in [0.717, 1.165) is 25.1 Å². The number of fused-ring (bicyclic) bond motifs is 1. The van der Waals surface area contributed by atoms with Crippen LogP contribution in [0.25, 0.3) is 0 Å². The van der Waals surface area contributed by atoms with Crippen LogP contribution in [0.1, 0.15) is 25.8 Å². The minimum Gasteiger partial charge on any atom is -0.508 e. The lowest BCUT2D eigenvalue weighted by atomic mass is 10.0. The van der Waals surface area contributed by atoms with E-state index >= 15 is 0 Å². The number of aromatic hydroxyl groups is 1. The summed E-state index contributed by atoms with van der Waals surface area (Å²) in [7, 11) is 0. The molecule has 0 bridgehead atoms. The van der Waals surface area contributed by atoms with Gasteiger partial charge in [-0.15, -0.1) is 0 Å². The standard InChI is InChI=1S/C13H19NO2.C2H2O4/c1-9(2)14-8-12-6-4-10-3-5-11(15)7-13(10)16-12;3-1(4)2(5)6/h3,5,7,9,12,14-15H,4,6,8H2,1-2H3;(H,3,4)(H,5,6). The molecule has 22 heavy (non-hydrogen) atoms. The minimum atomic E-state index is -1.82. The van der Waals surface area contributed by atoms with Crippen molar-refractivity contribution in [1.29, 1.82) is 0 Å². The van der Waals surface area contributed by atoms with E-state index in [1.807, 2.05) is 6.07 Å². The van der Waals surface area contributed by atoms with Crippen LogP contribution in [0, 0.1) is 0 Å². The van der Waals surface area contributed by atoms with Crippen molar-refractivity contribution in [3.05, 3.63) is 23.8 Å². The van der Waals surface area contributed by atoms with Crippen molar-refractivity contribution < 1.29 is 29.6 Å². The Balaban J connectivity index is 0.000000346. The predicted molar refractivity (Wildman–Crippen MR) is 79.3 cm³/mol. The summed E-state index contributed by atoms with van der Waals surface area (Å²) in [4.78, 5) is 18.2. The number of phenols is 1. The molecule has 0 saturated carbocycles. The highest BCUT2D eigenvalue weighted by Crippen LogP contribution is 2.30. The van der Waals surface area contributed by atoms with Gasteiger partial charge in [0.05, 0.1) is 0 Å². The molecule has 1 unspecified atom stereocenters. The number of aliphatic carboxylic acids is 2. The van der Waals surface area contributed by atoms with Crippen LogP contribution in [0.2, 0.25) is 0 Å². The van der Waals surface area contributed by atoms with Crippen LogP contribution in [-0.2, 0) is 16.0 Å². The first kappa shape index (κ1) is 17.8. The van der Waals surface area contributed by atoms with E-state index in [0.29, 0.717) is 6.04 Å². The van der Waals surface area contributed by atoms with E-state index in [1.165, 1.54) is 5.56 Å². The Labute approximate surface area is 128 Å². The molecule has 7 heteroatoms. The topological polar surface area (TPSA) is 116 Å². The molecule has 122 valence electrons. The molecule has 7 nitrogen and oxygen atoms in total. The van der Waals surface area contributed by atoms with Gasteiger partial charge in [0.15, 0.2) is 0 Å². The van der Waals surface area contributed by atoms with Crippen molar-refractivity contribution in [2.24, 2.45) is 0 Å². The van der Waals surface area contributed by atoms with Crippen LogP contribution in [0.4, 0.5) is 0 Å². The predicted octanol–water partition coefficient (Wildman–Crippen LogP) is 1.24. The number of aryl methyl sites for hydroxylation is 1. The van der Waals surface area contributed by atoms with Gasteiger partial charge in [-0.25, -0.2) is 9.59 Å². The summed E-state index contributed by atoms with van der Waals surface area (Å²) >= 11 is 0. The Morgan fingerprint density at radius 2 is 1.95 bits per heavy atom. The zero-order valence-electron chi connectivity index (χ0n) is 12.6. The molecule has 1 aliphatic heterocycles. The van der Waals surface area contributed by atoms with Crippen molar-refractivity contribution in [2.75, 3.05) is 6.54 Å². The number of rotatable bonds is 3. The molecule has 0 amide bonds. The first-order valence-electron chi connectivity index (χ1n) is 6.97. The molecule has 1 heterocycles. The lowest BCUT2D eigenvalue weighted by Crippen LogP contribution is -2.37. The summed E-state index contributed by atoms with van der Waals surface area (Å²) in [6.07, 6.45) is 2.29. The highest BCUT2D eigenvalue weighted by Gasteiger charge is 2.19. The smallest absolute Gasteiger partial charge is 0.414 e. The summed E-state index contributed by atoms with van der Waals surface area (Å²) < 4.78 is 5.84. The van der Waals surface area contributed by atoms with Crippen molar-refractivity contribution in [3.63, 3.8) is 0 Å². The molecule has 0 radical (unpaired) electrons. The number of hydrogen-bond donors (Lipinski definition) is 4. The molecule has 0 saturated heterocycles. The van der Waals surface area contributed by atoms with E-state index in [-0.39, 0.29) is 11.9 Å². The van der Waals surface area contributed by atoms with Crippen LogP contribution in [0.3, 0.4) is 0 Å². The Hall–Kier alpha value is -2.28. The van der Waals surface area contributed by atoms with E-state index in [2.05, 4.69) is 19.2 Å². The summed E-state index contributed by atoms with van der Waals surface area (Å²) in [5.74, 6) is -2.54. The molecule has 1 atom stereocenters. The second-order valence-electron chi connectivity index (χ2n) is 5.24. The van der Waals surface area contributed by atoms with Crippen molar-refractivity contribution in [3.8, 4) is 11.5 Å². The van der Waals surface area contributed by atoms with Gasteiger partial charge in [0, 0.05) is 18.7 Å². The SMILES string of the molecule is CC(C)NCC1CCc2ccc(O)cc2O1.O=C(O)C(=O)O. The summed E-state index contributed by atoms with van der Waals surface area (Å²) in [6.45, 7) is 5.12. The van der Waals surface area contributed by atoms with Crippen molar-refractivity contribution in [2.45, 2.75) is 38.8 Å².